The third kappa shape index (κ3) is 1.87. The van der Waals surface area contributed by atoms with E-state index in [1.165, 1.54) is 12.5 Å². The highest BCUT2D eigenvalue weighted by Crippen LogP contribution is 1.95. The first kappa shape index (κ1) is 7.42. The number of Topliss-reactive ketones (excluding diaryl/α,β-unsaturated/α-hetero) is 1. The highest BCUT2D eigenvalue weighted by molar-refractivity contribution is 5.95. The maximum absolute atomic E-state index is 11.0. The standard InChI is InChI=1S/C8H6N2O/c1-2-3-8(11)7-4-5-9-6-10-7/h1,4-6H,3H2. The number of hydrogen-bond acceptors (Lipinski definition) is 3. The van der Waals surface area contributed by atoms with Gasteiger partial charge >= 0.3 is 0 Å². The summed E-state index contributed by atoms with van der Waals surface area (Å²) in [6.45, 7) is 0. The highest BCUT2D eigenvalue weighted by Gasteiger charge is 2.02. The van der Waals surface area contributed by atoms with Crippen LogP contribution in [0, 0.1) is 12.3 Å². The molecule has 0 atom stereocenters. The first-order chi connectivity index (χ1) is 5.34. The van der Waals surface area contributed by atoms with Gasteiger partial charge in [-0.3, -0.25) is 4.79 Å². The zero-order chi connectivity index (χ0) is 8.10. The van der Waals surface area contributed by atoms with E-state index in [1.54, 1.807) is 6.07 Å². The Kier molecular flexibility index (Phi) is 2.34. The molecule has 1 aromatic rings. The molecule has 0 saturated heterocycles. The fourth-order valence-corrected chi connectivity index (χ4v) is 0.639. The van der Waals surface area contributed by atoms with Crippen molar-refractivity contribution in [1.82, 2.24) is 9.97 Å². The number of hydrogen-bond donors (Lipinski definition) is 0. The van der Waals surface area contributed by atoms with Gasteiger partial charge in [0, 0.05) is 6.20 Å². The zero-order valence-corrected chi connectivity index (χ0v) is 5.82. The molecule has 1 heterocycles. The van der Waals surface area contributed by atoms with Crippen LogP contribution in [-0.4, -0.2) is 15.8 Å². The second kappa shape index (κ2) is 3.47. The monoisotopic (exact) mass is 146 g/mol. The van der Waals surface area contributed by atoms with Crippen molar-refractivity contribution in [1.29, 1.82) is 0 Å². The van der Waals surface area contributed by atoms with E-state index >= 15 is 0 Å². The molecule has 3 heteroatoms. The lowest BCUT2D eigenvalue weighted by atomic mass is 10.2. The SMILES string of the molecule is C#CCC(=O)c1ccncn1. The zero-order valence-electron chi connectivity index (χ0n) is 5.82. The Morgan fingerprint density at radius 1 is 1.73 bits per heavy atom. The maximum Gasteiger partial charge on any atom is 0.193 e. The molecule has 0 radical (unpaired) electrons. The van der Waals surface area contributed by atoms with Gasteiger partial charge in [-0.2, -0.15) is 0 Å². The topological polar surface area (TPSA) is 42.9 Å². The Labute approximate surface area is 64.5 Å². The van der Waals surface area contributed by atoms with Crippen LogP contribution in [0.5, 0.6) is 0 Å². The van der Waals surface area contributed by atoms with Crippen LogP contribution in [0.1, 0.15) is 16.9 Å². The number of carbonyl (C=O) groups is 1. The van der Waals surface area contributed by atoms with Crippen LogP contribution in [-0.2, 0) is 0 Å². The quantitative estimate of drug-likeness (QED) is 0.455. The largest absolute Gasteiger partial charge is 0.291 e. The molecule has 0 unspecified atom stereocenters. The van der Waals surface area contributed by atoms with Gasteiger partial charge in [0.05, 0.1) is 6.42 Å². The van der Waals surface area contributed by atoms with Gasteiger partial charge in [-0.25, -0.2) is 9.97 Å². The van der Waals surface area contributed by atoms with Crippen molar-refractivity contribution < 1.29 is 4.79 Å². The van der Waals surface area contributed by atoms with Gasteiger partial charge in [0.1, 0.15) is 12.0 Å². The van der Waals surface area contributed by atoms with E-state index in [4.69, 9.17) is 6.42 Å². The van der Waals surface area contributed by atoms with Gasteiger partial charge < -0.3 is 0 Å². The summed E-state index contributed by atoms with van der Waals surface area (Å²) in [5, 5.41) is 0. The molecule has 0 aliphatic rings. The van der Waals surface area contributed by atoms with Crippen molar-refractivity contribution in [3.05, 3.63) is 24.3 Å². The van der Waals surface area contributed by atoms with Crippen LogP contribution in [0.15, 0.2) is 18.6 Å². The van der Waals surface area contributed by atoms with Crippen molar-refractivity contribution in [2.75, 3.05) is 0 Å². The lowest BCUT2D eigenvalue weighted by Crippen LogP contribution is -2.00. The molecule has 0 aliphatic heterocycles. The third-order valence-electron chi connectivity index (χ3n) is 1.13. The van der Waals surface area contributed by atoms with Gasteiger partial charge in [0.25, 0.3) is 0 Å². The van der Waals surface area contributed by atoms with Crippen LogP contribution in [0.4, 0.5) is 0 Å². The van der Waals surface area contributed by atoms with E-state index in [1.807, 2.05) is 0 Å². The smallest absolute Gasteiger partial charge is 0.193 e. The number of carbonyl (C=O) groups excluding carboxylic acids is 1. The summed E-state index contributed by atoms with van der Waals surface area (Å²) < 4.78 is 0. The van der Waals surface area contributed by atoms with Crippen molar-refractivity contribution in [3.63, 3.8) is 0 Å². The average molecular weight is 146 g/mol. The van der Waals surface area contributed by atoms with E-state index in [9.17, 15) is 4.79 Å². The molecular formula is C8H6N2O. The van der Waals surface area contributed by atoms with Gasteiger partial charge in [-0.15, -0.1) is 6.42 Å². The number of aromatic nitrogens is 2. The van der Waals surface area contributed by atoms with E-state index in [2.05, 4.69) is 15.9 Å². The number of nitrogens with zero attached hydrogens (tertiary/aromatic N) is 2. The van der Waals surface area contributed by atoms with Gasteiger partial charge in [0.15, 0.2) is 5.78 Å². The minimum Gasteiger partial charge on any atom is -0.291 e. The summed E-state index contributed by atoms with van der Waals surface area (Å²) in [6.07, 6.45) is 7.88. The summed E-state index contributed by atoms with van der Waals surface area (Å²) in [4.78, 5) is 18.4. The second-order valence-corrected chi connectivity index (χ2v) is 1.90. The molecule has 0 aromatic carbocycles. The fraction of sp³-hybridized carbons (Fsp3) is 0.125. The molecule has 11 heavy (non-hydrogen) atoms. The van der Waals surface area contributed by atoms with Crippen molar-refractivity contribution in [2.24, 2.45) is 0 Å². The number of rotatable bonds is 2. The second-order valence-electron chi connectivity index (χ2n) is 1.90. The molecular weight excluding hydrogens is 140 g/mol. The van der Waals surface area contributed by atoms with Crippen molar-refractivity contribution in [3.8, 4) is 12.3 Å². The highest BCUT2D eigenvalue weighted by atomic mass is 16.1. The third-order valence-corrected chi connectivity index (χ3v) is 1.13. The molecule has 0 amide bonds. The van der Waals surface area contributed by atoms with E-state index < -0.39 is 0 Å². The molecule has 54 valence electrons. The molecule has 0 N–H and O–H groups in total. The summed E-state index contributed by atoms with van der Waals surface area (Å²) in [5.74, 6) is 2.11. The lowest BCUT2D eigenvalue weighted by Gasteiger charge is -1.91. The number of terminal acetylenes is 1. The predicted octanol–water partition coefficient (Wildman–Crippen LogP) is 0.683. The number of ketones is 1. The first-order valence-corrected chi connectivity index (χ1v) is 3.07. The molecule has 0 fully saturated rings. The van der Waals surface area contributed by atoms with Crippen LogP contribution in [0.25, 0.3) is 0 Å². The Morgan fingerprint density at radius 2 is 2.55 bits per heavy atom. The Bertz CT molecular complexity index is 287. The Hall–Kier alpha value is -1.69. The average Bonchev–Trinajstić information content (AvgIpc) is 2.07. The predicted molar refractivity (Wildman–Crippen MR) is 39.8 cm³/mol. The summed E-state index contributed by atoms with van der Waals surface area (Å²) >= 11 is 0. The normalized spacial score (nSPS) is 8.64. The molecule has 3 nitrogen and oxygen atoms in total. The molecule has 0 saturated carbocycles. The van der Waals surface area contributed by atoms with Crippen LogP contribution < -0.4 is 0 Å². The molecule has 1 rings (SSSR count). The first-order valence-electron chi connectivity index (χ1n) is 3.07. The summed E-state index contributed by atoms with van der Waals surface area (Å²) in [7, 11) is 0. The summed E-state index contributed by atoms with van der Waals surface area (Å²) in [5.41, 5.74) is 0.373. The van der Waals surface area contributed by atoms with Crippen molar-refractivity contribution in [2.45, 2.75) is 6.42 Å². The van der Waals surface area contributed by atoms with E-state index in [0.29, 0.717) is 5.69 Å². The van der Waals surface area contributed by atoms with E-state index in [0.717, 1.165) is 0 Å². The molecule has 0 spiro atoms. The molecule has 0 bridgehead atoms. The van der Waals surface area contributed by atoms with Gasteiger partial charge in [-0.05, 0) is 6.07 Å². The minimum atomic E-state index is -0.144. The summed E-state index contributed by atoms with van der Waals surface area (Å²) in [6, 6.07) is 1.54. The van der Waals surface area contributed by atoms with Crippen LogP contribution in [0.3, 0.4) is 0 Å². The Morgan fingerprint density at radius 3 is 3.09 bits per heavy atom. The van der Waals surface area contributed by atoms with Crippen molar-refractivity contribution >= 4 is 5.78 Å². The Balaban J connectivity index is 2.79. The van der Waals surface area contributed by atoms with Gasteiger partial charge in [0.2, 0.25) is 0 Å². The fourth-order valence-electron chi connectivity index (χ4n) is 0.639. The van der Waals surface area contributed by atoms with Crippen LogP contribution >= 0.6 is 0 Å². The maximum atomic E-state index is 11.0. The lowest BCUT2D eigenvalue weighted by molar-refractivity contribution is 0.0993. The molecule has 0 aliphatic carbocycles. The van der Waals surface area contributed by atoms with E-state index in [-0.39, 0.29) is 12.2 Å². The molecule has 1 aromatic heterocycles. The van der Waals surface area contributed by atoms with Crippen LogP contribution in [0.2, 0.25) is 0 Å². The van der Waals surface area contributed by atoms with Gasteiger partial charge in [-0.1, -0.05) is 5.92 Å². The minimum absolute atomic E-state index is 0.0943.